The van der Waals surface area contributed by atoms with Crippen LogP contribution in [0, 0.1) is 34.6 Å². The van der Waals surface area contributed by atoms with Crippen LogP contribution in [0.2, 0.25) is 0 Å². The van der Waals surface area contributed by atoms with Crippen molar-refractivity contribution < 1.29 is 9.26 Å². The Kier molecular flexibility index (Phi) is 11.3. The molecule has 0 spiro atoms. The Hall–Kier alpha value is -6.06. The summed E-state index contributed by atoms with van der Waals surface area (Å²) in [4.78, 5) is 0. The van der Waals surface area contributed by atoms with Gasteiger partial charge in [0.2, 0.25) is 0 Å². The first-order valence-corrected chi connectivity index (χ1v) is 25.9. The van der Waals surface area contributed by atoms with Crippen LogP contribution in [0.1, 0.15) is 105 Å². The molecule has 6 nitrogen and oxygen atoms in total. The lowest BCUT2D eigenvalue weighted by molar-refractivity contribution is 0.394. The summed E-state index contributed by atoms with van der Waals surface area (Å²) in [6.45, 7) is 29.3. The van der Waals surface area contributed by atoms with Gasteiger partial charge in [0.15, 0.2) is 11.5 Å². The highest BCUT2D eigenvalue weighted by Crippen LogP contribution is 2.57. The number of fused-ring (bicyclic) bond motifs is 6. The Balaban J connectivity index is 0.000000212. The fourth-order valence-corrected chi connectivity index (χ4v) is 13.2. The van der Waals surface area contributed by atoms with Gasteiger partial charge in [0.1, 0.15) is 5.75 Å². The van der Waals surface area contributed by atoms with Crippen LogP contribution in [0.25, 0.3) is 43.6 Å². The van der Waals surface area contributed by atoms with Crippen LogP contribution in [0.5, 0.6) is 17.2 Å². The van der Waals surface area contributed by atoms with Crippen molar-refractivity contribution in [2.45, 2.75) is 106 Å². The summed E-state index contributed by atoms with van der Waals surface area (Å²) in [6.07, 6.45) is 9.01. The molecule has 6 aromatic carbocycles. The number of hydrogen-bond acceptors (Lipinski definition) is 2. The van der Waals surface area contributed by atoms with E-state index in [1.54, 1.807) is 0 Å². The van der Waals surface area contributed by atoms with Gasteiger partial charge in [-0.1, -0.05) is 146 Å². The van der Waals surface area contributed by atoms with Gasteiger partial charge in [0.05, 0.1) is 30.9 Å². The summed E-state index contributed by atoms with van der Waals surface area (Å²) in [5.74, 6) is 2.54. The standard InChI is InChI=1S/C42H47N2O2P.C18H17N2P/c1-26-20-29(40(4,5)6)21-33-38(26)45-39-34(42(33,10)11)22-30(41(7,8)9)23-37(39)46-47(43-24-27(2)31-16-12-14-18-35(31)43)44-25-28(3)32-17-13-15-19-36(32)44;1-13-11-19(17-9-5-3-7-15(13)17)21-20-12-14(2)16-8-4-6-10-18(16)20/h12-25H,1-11H3;3-12,21H,1-2H3. The first-order chi connectivity index (χ1) is 32.3. The molecule has 0 saturated carbocycles. The minimum atomic E-state index is -1.42. The van der Waals surface area contributed by atoms with E-state index in [0.717, 1.165) is 39.4 Å². The molecule has 0 radical (unpaired) electrons. The van der Waals surface area contributed by atoms with Crippen molar-refractivity contribution in [3.8, 4) is 17.2 Å². The van der Waals surface area contributed by atoms with Gasteiger partial charge in [0, 0.05) is 62.9 Å². The SMILES string of the molecule is Cc1cc(C(C)(C)C)cc2c1Oc1c(OP(n3cc(C)c4ccccc43)n3cc(C)c4ccccc43)cc(C(C)(C)C)cc1C2(C)C.Cc1cn(Pn2cc(C)c3ccccc32)c2ccccc12. The average Bonchev–Trinajstić information content (AvgIpc) is 4.02. The van der Waals surface area contributed by atoms with Crippen molar-refractivity contribution in [1.82, 2.24) is 17.4 Å². The van der Waals surface area contributed by atoms with Gasteiger partial charge in [-0.2, -0.15) is 0 Å². The molecule has 11 rings (SSSR count). The maximum Gasteiger partial charge on any atom is 0.318 e. The molecular formula is C60H64N4O2P2. The second-order valence-electron chi connectivity index (χ2n) is 21.4. The fourth-order valence-electron chi connectivity index (χ4n) is 9.93. The number of aromatic nitrogens is 4. The average molecular weight is 935 g/mol. The predicted molar refractivity (Wildman–Crippen MR) is 291 cm³/mol. The van der Waals surface area contributed by atoms with E-state index in [9.17, 15) is 0 Å². The van der Waals surface area contributed by atoms with E-state index >= 15 is 0 Å². The zero-order valence-corrected chi connectivity index (χ0v) is 43.8. The van der Waals surface area contributed by atoms with Crippen molar-refractivity contribution in [3.63, 3.8) is 0 Å². The van der Waals surface area contributed by atoms with E-state index in [2.05, 4.69) is 253 Å². The van der Waals surface area contributed by atoms with Gasteiger partial charge >= 0.3 is 8.45 Å². The molecule has 1 aliphatic rings. The summed E-state index contributed by atoms with van der Waals surface area (Å²) in [5, 5.41) is 5.16. The molecule has 0 atom stereocenters. The molecule has 0 bridgehead atoms. The fraction of sp³-hybridized carbons (Fsp3) is 0.267. The lowest BCUT2D eigenvalue weighted by Gasteiger charge is -2.39. The van der Waals surface area contributed by atoms with Crippen molar-refractivity contribution in [2.24, 2.45) is 0 Å². The molecule has 0 unspecified atom stereocenters. The molecule has 8 heteroatoms. The summed E-state index contributed by atoms with van der Waals surface area (Å²) in [5.41, 5.74) is 15.8. The minimum Gasteiger partial charge on any atom is -0.453 e. The molecule has 10 aromatic rings. The van der Waals surface area contributed by atoms with Crippen LogP contribution in [-0.4, -0.2) is 17.4 Å². The highest BCUT2D eigenvalue weighted by atomic mass is 31.2. The Morgan fingerprint density at radius 2 is 0.853 bits per heavy atom. The summed E-state index contributed by atoms with van der Waals surface area (Å²) in [7, 11) is -0.862. The third kappa shape index (κ3) is 7.94. The van der Waals surface area contributed by atoms with Gasteiger partial charge in [0.25, 0.3) is 0 Å². The second kappa shape index (κ2) is 16.9. The van der Waals surface area contributed by atoms with Crippen LogP contribution in [-0.2, 0) is 16.2 Å². The Morgan fingerprint density at radius 1 is 0.471 bits per heavy atom. The van der Waals surface area contributed by atoms with Crippen LogP contribution in [0.4, 0.5) is 0 Å². The van der Waals surface area contributed by atoms with E-state index in [-0.39, 0.29) is 16.2 Å². The van der Waals surface area contributed by atoms with Crippen LogP contribution in [0.3, 0.4) is 0 Å². The number of ether oxygens (including phenoxy) is 1. The van der Waals surface area contributed by atoms with E-state index in [0.29, 0.717) is 8.88 Å². The second-order valence-corrected chi connectivity index (χ2v) is 24.2. The number of nitrogens with zero attached hydrogens (tertiary/aromatic N) is 4. The third-order valence-electron chi connectivity index (χ3n) is 14.0. The smallest absolute Gasteiger partial charge is 0.318 e. The number of para-hydroxylation sites is 4. The Morgan fingerprint density at radius 3 is 1.31 bits per heavy atom. The Bertz CT molecular complexity index is 3410. The monoisotopic (exact) mass is 934 g/mol. The molecule has 1 aliphatic heterocycles. The summed E-state index contributed by atoms with van der Waals surface area (Å²) >= 11 is 0. The maximum atomic E-state index is 7.46. The molecule has 0 amide bonds. The van der Waals surface area contributed by atoms with Gasteiger partial charge in [-0.15, -0.1) is 0 Å². The van der Waals surface area contributed by atoms with Crippen molar-refractivity contribution in [1.29, 1.82) is 0 Å². The zero-order chi connectivity index (χ0) is 48.0. The van der Waals surface area contributed by atoms with Crippen LogP contribution < -0.4 is 9.26 Å². The first kappa shape index (κ1) is 45.7. The van der Waals surface area contributed by atoms with Crippen molar-refractivity contribution in [3.05, 3.63) is 196 Å². The number of rotatable bonds is 6. The Labute approximate surface area is 405 Å². The highest BCUT2D eigenvalue weighted by molar-refractivity contribution is 7.50. The number of hydrogen-bond donors (Lipinski definition) is 0. The predicted octanol–water partition coefficient (Wildman–Crippen LogP) is 17.4. The van der Waals surface area contributed by atoms with Crippen LogP contribution >= 0.6 is 17.3 Å². The molecule has 0 aliphatic carbocycles. The largest absolute Gasteiger partial charge is 0.453 e. The van der Waals surface area contributed by atoms with Crippen LogP contribution in [0.15, 0.2) is 146 Å². The summed E-state index contributed by atoms with van der Waals surface area (Å²) < 4.78 is 23.9. The first-order valence-electron chi connectivity index (χ1n) is 23.8. The molecule has 0 saturated heterocycles. The van der Waals surface area contributed by atoms with E-state index in [1.807, 2.05) is 0 Å². The molecule has 0 fully saturated rings. The lowest BCUT2D eigenvalue weighted by Crippen LogP contribution is -2.27. The normalized spacial score (nSPS) is 13.5. The van der Waals surface area contributed by atoms with Gasteiger partial charge in [-0.05, 0) is 115 Å². The van der Waals surface area contributed by atoms with E-state index in [1.165, 1.54) is 71.5 Å². The minimum absolute atomic E-state index is 0.0306. The lowest BCUT2D eigenvalue weighted by atomic mass is 9.71. The molecule has 0 N–H and O–H groups in total. The number of benzene rings is 6. The van der Waals surface area contributed by atoms with E-state index < -0.39 is 8.45 Å². The van der Waals surface area contributed by atoms with Gasteiger partial charge in [-0.25, -0.2) is 0 Å². The summed E-state index contributed by atoms with van der Waals surface area (Å²) in [6, 6.07) is 43.8. The quantitative estimate of drug-likeness (QED) is 0.156. The van der Waals surface area contributed by atoms with E-state index in [4.69, 9.17) is 9.26 Å². The molecule has 4 aromatic heterocycles. The third-order valence-corrected chi connectivity index (χ3v) is 16.9. The maximum absolute atomic E-state index is 7.46. The topological polar surface area (TPSA) is 38.2 Å². The molecule has 346 valence electrons. The van der Waals surface area contributed by atoms with Crippen molar-refractivity contribution in [2.75, 3.05) is 0 Å². The van der Waals surface area contributed by atoms with Gasteiger partial charge < -0.3 is 17.9 Å². The molecule has 68 heavy (non-hydrogen) atoms. The number of aryl methyl sites for hydroxylation is 5. The van der Waals surface area contributed by atoms with Gasteiger partial charge in [-0.3, -0.25) is 8.68 Å². The molecular weight excluding hydrogens is 871 g/mol. The highest BCUT2D eigenvalue weighted by Gasteiger charge is 2.40. The van der Waals surface area contributed by atoms with Crippen molar-refractivity contribution >= 4 is 60.9 Å². The molecule has 5 heterocycles. The zero-order valence-electron chi connectivity index (χ0n) is 41.9.